The first-order valence-electron chi connectivity index (χ1n) is 5.41. The van der Waals surface area contributed by atoms with Gasteiger partial charge in [0.2, 0.25) is 0 Å². The zero-order valence-electron chi connectivity index (χ0n) is 9.37. The van der Waals surface area contributed by atoms with Gasteiger partial charge in [-0.15, -0.1) is 0 Å². The first-order valence-corrected chi connectivity index (χ1v) is 6.58. The number of hydrogen-bond acceptors (Lipinski definition) is 3. The molecule has 1 saturated carbocycles. The van der Waals surface area contributed by atoms with Gasteiger partial charge >= 0.3 is 5.97 Å². The van der Waals surface area contributed by atoms with Gasteiger partial charge in [-0.05, 0) is 52.9 Å². The third-order valence-electron chi connectivity index (χ3n) is 2.79. The summed E-state index contributed by atoms with van der Waals surface area (Å²) in [5.41, 5.74) is 0.834. The van der Waals surface area contributed by atoms with Crippen molar-refractivity contribution < 1.29 is 9.53 Å². The number of benzene rings is 1. The predicted octanol–water partition coefficient (Wildman–Crippen LogP) is 3.47. The van der Waals surface area contributed by atoms with Gasteiger partial charge in [-0.2, -0.15) is 0 Å². The topological polar surface area (TPSA) is 38.3 Å². The lowest BCUT2D eigenvalue weighted by atomic mass is 10.1. The van der Waals surface area contributed by atoms with Crippen LogP contribution in [0.15, 0.2) is 22.7 Å². The van der Waals surface area contributed by atoms with E-state index >= 15 is 0 Å². The van der Waals surface area contributed by atoms with Crippen LogP contribution in [0.1, 0.15) is 12.8 Å². The second-order valence-corrected chi connectivity index (χ2v) is 5.37. The maximum Gasteiger partial charge on any atom is 0.328 e. The first kappa shape index (κ1) is 12.7. The molecule has 0 aliphatic heterocycles. The fourth-order valence-corrected chi connectivity index (χ4v) is 2.12. The number of methoxy groups -OCH3 is 1. The number of carbonyl (C=O) groups is 1. The van der Waals surface area contributed by atoms with E-state index in [1.165, 1.54) is 7.11 Å². The summed E-state index contributed by atoms with van der Waals surface area (Å²) in [5, 5.41) is 3.80. The number of carbonyl (C=O) groups excluding carboxylic acids is 1. The molecule has 1 atom stereocenters. The van der Waals surface area contributed by atoms with Crippen molar-refractivity contribution >= 4 is 39.2 Å². The molecule has 1 aliphatic rings. The highest BCUT2D eigenvalue weighted by Crippen LogP contribution is 2.35. The van der Waals surface area contributed by atoms with E-state index in [0.29, 0.717) is 10.9 Å². The minimum atomic E-state index is -0.266. The monoisotopic (exact) mass is 317 g/mol. The third-order valence-corrected chi connectivity index (χ3v) is 4.02. The van der Waals surface area contributed by atoms with Crippen molar-refractivity contribution in [3.63, 3.8) is 0 Å². The Morgan fingerprint density at radius 2 is 2.29 bits per heavy atom. The second-order valence-electron chi connectivity index (χ2n) is 4.11. The smallest absolute Gasteiger partial charge is 0.328 e. The summed E-state index contributed by atoms with van der Waals surface area (Å²) in [4.78, 5) is 11.6. The summed E-state index contributed by atoms with van der Waals surface area (Å²) in [6, 6.07) is 5.27. The molecule has 17 heavy (non-hydrogen) atoms. The molecule has 5 heteroatoms. The summed E-state index contributed by atoms with van der Waals surface area (Å²) in [6.07, 6.45) is 2.13. The Balaban J connectivity index is 2.11. The van der Waals surface area contributed by atoms with E-state index < -0.39 is 0 Å². The Labute approximate surface area is 114 Å². The van der Waals surface area contributed by atoms with Crippen LogP contribution in [0.25, 0.3) is 0 Å². The lowest BCUT2D eigenvalue weighted by Crippen LogP contribution is -2.32. The maximum absolute atomic E-state index is 11.6. The highest BCUT2D eigenvalue weighted by atomic mass is 79.9. The number of hydrogen-bond donors (Lipinski definition) is 1. The van der Waals surface area contributed by atoms with Crippen LogP contribution in [0.5, 0.6) is 0 Å². The molecule has 1 aliphatic carbocycles. The molecule has 1 aromatic rings. The fraction of sp³-hybridized carbons (Fsp3) is 0.417. The minimum absolute atomic E-state index is 0.216. The summed E-state index contributed by atoms with van der Waals surface area (Å²) in [5.74, 6) is 0.163. The SMILES string of the molecule is COC(=O)C(Nc1ccc(Br)c(Cl)c1)C1CC1. The van der Waals surface area contributed by atoms with Gasteiger partial charge in [0.25, 0.3) is 0 Å². The zero-order valence-corrected chi connectivity index (χ0v) is 11.7. The van der Waals surface area contributed by atoms with Gasteiger partial charge in [0, 0.05) is 10.2 Å². The van der Waals surface area contributed by atoms with E-state index in [9.17, 15) is 4.79 Å². The molecule has 1 unspecified atom stereocenters. The average molecular weight is 319 g/mol. The van der Waals surface area contributed by atoms with Crippen molar-refractivity contribution in [3.05, 3.63) is 27.7 Å². The molecule has 0 amide bonds. The van der Waals surface area contributed by atoms with Crippen molar-refractivity contribution in [2.75, 3.05) is 12.4 Å². The van der Waals surface area contributed by atoms with Gasteiger partial charge in [-0.25, -0.2) is 4.79 Å². The molecule has 0 spiro atoms. The van der Waals surface area contributed by atoms with Crippen molar-refractivity contribution in [1.29, 1.82) is 0 Å². The number of rotatable bonds is 4. The van der Waals surface area contributed by atoms with E-state index in [1.807, 2.05) is 12.1 Å². The van der Waals surface area contributed by atoms with E-state index in [-0.39, 0.29) is 12.0 Å². The van der Waals surface area contributed by atoms with Crippen LogP contribution in [-0.2, 0) is 9.53 Å². The van der Waals surface area contributed by atoms with Gasteiger partial charge in [0.15, 0.2) is 0 Å². The number of esters is 1. The average Bonchev–Trinajstić information content (AvgIpc) is 3.13. The van der Waals surface area contributed by atoms with Crippen LogP contribution in [0.3, 0.4) is 0 Å². The Morgan fingerprint density at radius 3 is 2.82 bits per heavy atom. The highest BCUT2D eigenvalue weighted by molar-refractivity contribution is 9.10. The zero-order chi connectivity index (χ0) is 12.4. The Hall–Kier alpha value is -0.740. The molecule has 0 bridgehead atoms. The van der Waals surface area contributed by atoms with Gasteiger partial charge in [0.05, 0.1) is 12.1 Å². The molecule has 0 heterocycles. The molecule has 92 valence electrons. The molecular weight excluding hydrogens is 305 g/mol. The van der Waals surface area contributed by atoms with Crippen LogP contribution in [0, 0.1) is 5.92 Å². The van der Waals surface area contributed by atoms with E-state index in [2.05, 4.69) is 21.2 Å². The number of anilines is 1. The third kappa shape index (κ3) is 3.13. The molecule has 1 N–H and O–H groups in total. The molecule has 0 aromatic heterocycles. The second kappa shape index (κ2) is 5.27. The van der Waals surface area contributed by atoms with E-state index in [1.54, 1.807) is 6.07 Å². The number of halogens is 2. The normalized spacial score (nSPS) is 16.4. The first-order chi connectivity index (χ1) is 8.11. The summed E-state index contributed by atoms with van der Waals surface area (Å²) in [7, 11) is 1.41. The maximum atomic E-state index is 11.6. The van der Waals surface area contributed by atoms with Crippen molar-refractivity contribution in [1.82, 2.24) is 0 Å². The Morgan fingerprint density at radius 1 is 1.59 bits per heavy atom. The van der Waals surface area contributed by atoms with E-state index in [0.717, 1.165) is 23.0 Å². The lowest BCUT2D eigenvalue weighted by Gasteiger charge is -2.17. The number of ether oxygens (including phenoxy) is 1. The van der Waals surface area contributed by atoms with Crippen LogP contribution < -0.4 is 5.32 Å². The highest BCUT2D eigenvalue weighted by Gasteiger charge is 2.36. The molecule has 1 aromatic carbocycles. The molecule has 1 fully saturated rings. The summed E-state index contributed by atoms with van der Waals surface area (Å²) in [6.45, 7) is 0. The summed E-state index contributed by atoms with van der Waals surface area (Å²) >= 11 is 9.33. The quantitative estimate of drug-likeness (QED) is 0.864. The van der Waals surface area contributed by atoms with Crippen molar-refractivity contribution in [2.24, 2.45) is 5.92 Å². The minimum Gasteiger partial charge on any atom is -0.467 e. The molecule has 3 nitrogen and oxygen atoms in total. The largest absolute Gasteiger partial charge is 0.467 e. The van der Waals surface area contributed by atoms with Gasteiger partial charge in [0.1, 0.15) is 6.04 Å². The van der Waals surface area contributed by atoms with Crippen molar-refractivity contribution in [2.45, 2.75) is 18.9 Å². The molecule has 2 rings (SSSR count). The molecular formula is C12H13BrClNO2. The molecule has 0 saturated heterocycles. The van der Waals surface area contributed by atoms with Gasteiger partial charge < -0.3 is 10.1 Å². The van der Waals surface area contributed by atoms with Gasteiger partial charge in [-0.3, -0.25) is 0 Å². The predicted molar refractivity (Wildman–Crippen MR) is 71.3 cm³/mol. The molecule has 0 radical (unpaired) electrons. The fourth-order valence-electron chi connectivity index (χ4n) is 1.69. The van der Waals surface area contributed by atoms with Crippen LogP contribution in [0.4, 0.5) is 5.69 Å². The van der Waals surface area contributed by atoms with E-state index in [4.69, 9.17) is 16.3 Å². The number of nitrogens with one attached hydrogen (secondary N) is 1. The van der Waals surface area contributed by atoms with Gasteiger partial charge in [-0.1, -0.05) is 11.6 Å². The van der Waals surface area contributed by atoms with Crippen molar-refractivity contribution in [3.8, 4) is 0 Å². The standard InChI is InChI=1S/C12H13BrClNO2/c1-17-12(16)11(7-2-3-7)15-8-4-5-9(13)10(14)6-8/h4-7,11,15H,2-3H2,1H3. The Bertz CT molecular complexity index is 435. The van der Waals surface area contributed by atoms with Crippen LogP contribution in [0.2, 0.25) is 5.02 Å². The summed E-state index contributed by atoms with van der Waals surface area (Å²) < 4.78 is 5.63. The Kier molecular flexibility index (Phi) is 3.94. The van der Waals surface area contributed by atoms with Crippen LogP contribution >= 0.6 is 27.5 Å². The lowest BCUT2D eigenvalue weighted by molar-refractivity contribution is -0.142. The van der Waals surface area contributed by atoms with Crippen LogP contribution in [-0.4, -0.2) is 19.1 Å².